The maximum absolute atomic E-state index is 11.4. The highest BCUT2D eigenvalue weighted by Crippen LogP contribution is 2.25. The first-order valence-corrected chi connectivity index (χ1v) is 5.04. The second-order valence-corrected chi connectivity index (χ2v) is 3.81. The number of amides is 1. The SMILES string of the molecule is CN(C)C=Nc1ccncc1OC(=O)N(C)C. The van der Waals surface area contributed by atoms with Crippen LogP contribution in [0, 0.1) is 0 Å². The molecule has 0 atom stereocenters. The van der Waals surface area contributed by atoms with E-state index in [-0.39, 0.29) is 0 Å². The highest BCUT2D eigenvalue weighted by Gasteiger charge is 2.10. The van der Waals surface area contributed by atoms with Crippen molar-refractivity contribution in [1.82, 2.24) is 14.8 Å². The first kappa shape index (κ1) is 13.0. The molecule has 92 valence electrons. The van der Waals surface area contributed by atoms with Crippen LogP contribution in [0.3, 0.4) is 0 Å². The number of aliphatic imine (C=N–C) groups is 1. The summed E-state index contributed by atoms with van der Waals surface area (Å²) in [5.41, 5.74) is 0.559. The molecule has 6 nitrogen and oxygen atoms in total. The fourth-order valence-corrected chi connectivity index (χ4v) is 0.921. The Balaban J connectivity index is 2.88. The summed E-state index contributed by atoms with van der Waals surface area (Å²) in [4.78, 5) is 22.6. The molecule has 1 heterocycles. The van der Waals surface area contributed by atoms with Crippen LogP contribution in [-0.4, -0.2) is 55.4 Å². The van der Waals surface area contributed by atoms with Gasteiger partial charge in [0.05, 0.1) is 12.5 Å². The first-order valence-electron chi connectivity index (χ1n) is 5.04. The van der Waals surface area contributed by atoms with Gasteiger partial charge in [0.15, 0.2) is 5.75 Å². The van der Waals surface area contributed by atoms with Gasteiger partial charge in [0.1, 0.15) is 5.69 Å². The van der Waals surface area contributed by atoms with Crippen molar-refractivity contribution in [2.75, 3.05) is 28.2 Å². The highest BCUT2D eigenvalue weighted by atomic mass is 16.6. The van der Waals surface area contributed by atoms with Gasteiger partial charge in [-0.3, -0.25) is 4.98 Å². The summed E-state index contributed by atoms with van der Waals surface area (Å²) in [5.74, 6) is 0.337. The molecule has 0 fully saturated rings. The van der Waals surface area contributed by atoms with Crippen LogP contribution in [0.4, 0.5) is 10.5 Å². The molecule has 0 radical (unpaired) electrons. The van der Waals surface area contributed by atoms with E-state index in [9.17, 15) is 4.79 Å². The molecule has 0 bridgehead atoms. The Morgan fingerprint density at radius 3 is 2.71 bits per heavy atom. The quantitative estimate of drug-likeness (QED) is 0.587. The standard InChI is InChI=1S/C11H16N4O2/c1-14(2)8-13-9-5-6-12-7-10(9)17-11(16)15(3)4/h5-8H,1-4H3. The van der Waals surface area contributed by atoms with E-state index < -0.39 is 6.09 Å². The summed E-state index contributed by atoms with van der Waals surface area (Å²) in [6, 6.07) is 1.68. The molecule has 1 aromatic heterocycles. The maximum Gasteiger partial charge on any atom is 0.414 e. The second-order valence-electron chi connectivity index (χ2n) is 3.81. The van der Waals surface area contributed by atoms with Crippen LogP contribution in [0.2, 0.25) is 0 Å². The Labute approximate surface area is 101 Å². The number of ether oxygens (including phenoxy) is 1. The largest absolute Gasteiger partial charge is 0.414 e. The minimum Gasteiger partial charge on any atom is -0.406 e. The van der Waals surface area contributed by atoms with Gasteiger partial charge in [0.2, 0.25) is 0 Å². The molecule has 0 spiro atoms. The molecule has 0 aromatic carbocycles. The van der Waals surface area contributed by atoms with Crippen LogP contribution in [0.15, 0.2) is 23.5 Å². The molecular formula is C11H16N4O2. The van der Waals surface area contributed by atoms with Crippen LogP contribution in [0.25, 0.3) is 0 Å². The van der Waals surface area contributed by atoms with Gasteiger partial charge in [-0.1, -0.05) is 0 Å². The summed E-state index contributed by atoms with van der Waals surface area (Å²) in [6.07, 6.45) is 4.22. The van der Waals surface area contributed by atoms with Gasteiger partial charge in [-0.15, -0.1) is 0 Å². The third kappa shape index (κ3) is 4.10. The van der Waals surface area contributed by atoms with Crippen molar-refractivity contribution in [3.8, 4) is 5.75 Å². The second kappa shape index (κ2) is 5.83. The van der Waals surface area contributed by atoms with Gasteiger partial charge in [-0.2, -0.15) is 0 Å². The number of carbonyl (C=O) groups excluding carboxylic acids is 1. The third-order valence-electron chi connectivity index (χ3n) is 1.75. The number of pyridine rings is 1. The molecular weight excluding hydrogens is 220 g/mol. The molecule has 6 heteroatoms. The van der Waals surface area contributed by atoms with Gasteiger partial charge >= 0.3 is 6.09 Å². The highest BCUT2D eigenvalue weighted by molar-refractivity contribution is 5.73. The lowest BCUT2D eigenvalue weighted by Crippen LogP contribution is -2.25. The fourth-order valence-electron chi connectivity index (χ4n) is 0.921. The zero-order valence-corrected chi connectivity index (χ0v) is 10.4. The van der Waals surface area contributed by atoms with Crippen LogP contribution in [0.5, 0.6) is 5.75 Å². The Hall–Kier alpha value is -2.11. The van der Waals surface area contributed by atoms with E-state index in [2.05, 4.69) is 9.98 Å². The predicted molar refractivity (Wildman–Crippen MR) is 65.8 cm³/mol. The van der Waals surface area contributed by atoms with E-state index >= 15 is 0 Å². The first-order chi connectivity index (χ1) is 8.00. The minimum absolute atomic E-state index is 0.337. The lowest BCUT2D eigenvalue weighted by atomic mass is 10.4. The summed E-state index contributed by atoms with van der Waals surface area (Å²) in [6.45, 7) is 0. The van der Waals surface area contributed by atoms with Crippen molar-refractivity contribution in [2.45, 2.75) is 0 Å². The van der Waals surface area contributed by atoms with E-state index in [4.69, 9.17) is 4.74 Å². The summed E-state index contributed by atoms with van der Waals surface area (Å²) in [5, 5.41) is 0. The number of aromatic nitrogens is 1. The van der Waals surface area contributed by atoms with Gasteiger partial charge in [-0.25, -0.2) is 9.79 Å². The van der Waals surface area contributed by atoms with E-state index in [0.29, 0.717) is 11.4 Å². The van der Waals surface area contributed by atoms with Gasteiger partial charge in [-0.05, 0) is 6.07 Å². The average molecular weight is 236 g/mol. The molecule has 1 aromatic rings. The zero-order chi connectivity index (χ0) is 12.8. The minimum atomic E-state index is -0.459. The van der Waals surface area contributed by atoms with E-state index in [1.165, 1.54) is 11.1 Å². The van der Waals surface area contributed by atoms with Crippen LogP contribution in [-0.2, 0) is 0 Å². The van der Waals surface area contributed by atoms with Crippen LogP contribution < -0.4 is 4.74 Å². The molecule has 0 aliphatic heterocycles. The van der Waals surface area contributed by atoms with Crippen molar-refractivity contribution in [1.29, 1.82) is 0 Å². The topological polar surface area (TPSA) is 58.0 Å². The predicted octanol–water partition coefficient (Wildman–Crippen LogP) is 1.36. The number of hydrogen-bond donors (Lipinski definition) is 0. The maximum atomic E-state index is 11.4. The number of nitrogens with zero attached hydrogens (tertiary/aromatic N) is 4. The molecule has 0 aliphatic carbocycles. The van der Waals surface area contributed by atoms with Crippen molar-refractivity contribution < 1.29 is 9.53 Å². The summed E-state index contributed by atoms with van der Waals surface area (Å²) in [7, 11) is 6.94. The fraction of sp³-hybridized carbons (Fsp3) is 0.364. The summed E-state index contributed by atoms with van der Waals surface area (Å²) >= 11 is 0. The van der Waals surface area contributed by atoms with E-state index in [1.54, 1.807) is 37.6 Å². The molecule has 0 saturated heterocycles. The average Bonchev–Trinajstić information content (AvgIpc) is 2.27. The molecule has 0 N–H and O–H groups in total. The third-order valence-corrected chi connectivity index (χ3v) is 1.75. The Morgan fingerprint density at radius 1 is 1.41 bits per heavy atom. The number of hydrogen-bond acceptors (Lipinski definition) is 4. The monoisotopic (exact) mass is 236 g/mol. The Kier molecular flexibility index (Phi) is 4.45. The van der Waals surface area contributed by atoms with Crippen molar-refractivity contribution in [2.24, 2.45) is 4.99 Å². The Bertz CT molecular complexity index is 416. The van der Waals surface area contributed by atoms with Crippen LogP contribution in [0.1, 0.15) is 0 Å². The van der Waals surface area contributed by atoms with Gasteiger partial charge in [0, 0.05) is 34.4 Å². The molecule has 17 heavy (non-hydrogen) atoms. The lowest BCUT2D eigenvalue weighted by Gasteiger charge is -2.11. The summed E-state index contributed by atoms with van der Waals surface area (Å²) < 4.78 is 5.13. The van der Waals surface area contributed by atoms with Crippen LogP contribution >= 0.6 is 0 Å². The lowest BCUT2D eigenvalue weighted by molar-refractivity contribution is 0.172. The molecule has 1 amide bonds. The van der Waals surface area contributed by atoms with E-state index in [1.807, 2.05) is 14.1 Å². The van der Waals surface area contributed by atoms with Gasteiger partial charge in [0.25, 0.3) is 0 Å². The number of rotatable bonds is 3. The Morgan fingerprint density at radius 2 is 2.12 bits per heavy atom. The van der Waals surface area contributed by atoms with Crippen molar-refractivity contribution >= 4 is 18.1 Å². The smallest absolute Gasteiger partial charge is 0.406 e. The molecule has 0 unspecified atom stereocenters. The normalized spacial score (nSPS) is 10.4. The molecule has 1 rings (SSSR count). The molecule has 0 aliphatic rings. The number of carbonyl (C=O) groups is 1. The van der Waals surface area contributed by atoms with Crippen molar-refractivity contribution in [3.63, 3.8) is 0 Å². The van der Waals surface area contributed by atoms with Gasteiger partial charge < -0.3 is 14.5 Å². The van der Waals surface area contributed by atoms with E-state index in [0.717, 1.165) is 0 Å². The molecule has 0 saturated carbocycles. The zero-order valence-electron chi connectivity index (χ0n) is 10.4. The van der Waals surface area contributed by atoms with Crippen molar-refractivity contribution in [3.05, 3.63) is 18.5 Å².